The summed E-state index contributed by atoms with van der Waals surface area (Å²) >= 11 is 0. The van der Waals surface area contributed by atoms with Gasteiger partial charge in [0.05, 0.1) is 30.8 Å². The molecule has 9 heteroatoms. The number of nitrogens with zero attached hydrogens (tertiary/aromatic N) is 4. The number of methoxy groups -OCH3 is 1. The lowest BCUT2D eigenvalue weighted by Gasteiger charge is -2.32. The zero-order chi connectivity index (χ0) is 24.0. The van der Waals surface area contributed by atoms with Gasteiger partial charge in [0.15, 0.2) is 0 Å². The average molecular weight is 473 g/mol. The fourth-order valence-corrected chi connectivity index (χ4v) is 4.39. The molecule has 1 fully saturated rings. The molecule has 0 unspecified atom stereocenters. The lowest BCUT2D eigenvalue weighted by molar-refractivity contribution is -0.125. The van der Waals surface area contributed by atoms with Crippen molar-refractivity contribution < 1.29 is 13.9 Å². The maximum absolute atomic E-state index is 12.6. The van der Waals surface area contributed by atoms with Gasteiger partial charge in [-0.15, -0.1) is 0 Å². The molecule has 4 heterocycles. The van der Waals surface area contributed by atoms with Crippen LogP contribution in [0.1, 0.15) is 24.2 Å². The average Bonchev–Trinajstić information content (AvgIpc) is 3.44. The first-order chi connectivity index (χ1) is 17.2. The van der Waals surface area contributed by atoms with Crippen LogP contribution in [0.2, 0.25) is 0 Å². The van der Waals surface area contributed by atoms with Crippen molar-refractivity contribution in [3.63, 3.8) is 0 Å². The molecule has 0 radical (unpaired) electrons. The molecule has 1 amide bonds. The number of pyridine rings is 1. The summed E-state index contributed by atoms with van der Waals surface area (Å²) in [6.45, 7) is 2.47. The Morgan fingerprint density at radius 2 is 1.97 bits per heavy atom. The van der Waals surface area contributed by atoms with Crippen molar-refractivity contribution in [2.24, 2.45) is 5.92 Å². The third kappa shape index (κ3) is 5.18. The second-order valence-electron chi connectivity index (χ2n) is 8.48. The van der Waals surface area contributed by atoms with Crippen LogP contribution in [0.15, 0.2) is 65.5 Å². The Labute approximate surface area is 203 Å². The standard InChI is InChI=1S/C26H28N6O3/c1-34-23-7-3-2-5-19(23)15-29-26-30-17-21-22(31-26)8-11-27-24(21)32-12-9-18(10-13-32)25(33)28-16-20-6-4-14-35-20/h2-8,11,14,17-18H,9-10,12-13,15-16H2,1H3,(H,28,33)(H,29,30,31). The van der Waals surface area contributed by atoms with Gasteiger partial charge in [0.25, 0.3) is 0 Å². The van der Waals surface area contributed by atoms with E-state index < -0.39 is 0 Å². The molecule has 0 aliphatic carbocycles. The number of hydrogen-bond acceptors (Lipinski definition) is 8. The van der Waals surface area contributed by atoms with Crippen LogP contribution >= 0.6 is 0 Å². The molecule has 1 aliphatic heterocycles. The molecule has 0 saturated carbocycles. The van der Waals surface area contributed by atoms with E-state index in [1.54, 1.807) is 19.6 Å². The molecule has 180 valence electrons. The van der Waals surface area contributed by atoms with Gasteiger partial charge in [0.1, 0.15) is 17.3 Å². The number of carbonyl (C=O) groups excluding carboxylic acids is 1. The van der Waals surface area contributed by atoms with Gasteiger partial charge in [0.2, 0.25) is 11.9 Å². The molecule has 4 aromatic rings. The number of para-hydroxylation sites is 1. The van der Waals surface area contributed by atoms with Crippen molar-refractivity contribution in [3.05, 3.63) is 72.4 Å². The molecule has 0 spiro atoms. The topological polar surface area (TPSA) is 105 Å². The smallest absolute Gasteiger partial charge is 0.223 e. The number of rotatable bonds is 8. The van der Waals surface area contributed by atoms with E-state index in [9.17, 15) is 4.79 Å². The minimum atomic E-state index is -0.0155. The summed E-state index contributed by atoms with van der Waals surface area (Å²) in [7, 11) is 1.66. The Hall–Kier alpha value is -4.14. The van der Waals surface area contributed by atoms with Crippen molar-refractivity contribution in [1.82, 2.24) is 20.3 Å². The van der Waals surface area contributed by atoms with E-state index in [0.29, 0.717) is 19.0 Å². The Bertz CT molecular complexity index is 1290. The minimum absolute atomic E-state index is 0.0155. The summed E-state index contributed by atoms with van der Waals surface area (Å²) in [5.41, 5.74) is 1.86. The van der Waals surface area contributed by atoms with Gasteiger partial charge in [0, 0.05) is 43.5 Å². The molecule has 0 atom stereocenters. The van der Waals surface area contributed by atoms with E-state index in [1.807, 2.05) is 48.7 Å². The molecular formula is C26H28N6O3. The number of amides is 1. The van der Waals surface area contributed by atoms with Gasteiger partial charge in [-0.25, -0.2) is 15.0 Å². The molecule has 1 saturated heterocycles. The van der Waals surface area contributed by atoms with Crippen molar-refractivity contribution in [2.45, 2.75) is 25.9 Å². The Kier molecular flexibility index (Phi) is 6.74. The minimum Gasteiger partial charge on any atom is -0.496 e. The molecule has 1 aromatic carbocycles. The number of anilines is 2. The van der Waals surface area contributed by atoms with Crippen LogP contribution in [0, 0.1) is 5.92 Å². The molecule has 9 nitrogen and oxygen atoms in total. The van der Waals surface area contributed by atoms with E-state index in [2.05, 4.69) is 25.5 Å². The summed E-state index contributed by atoms with van der Waals surface area (Å²) in [4.78, 5) is 28.6. The number of aromatic nitrogens is 3. The molecule has 1 aliphatic rings. The summed E-state index contributed by atoms with van der Waals surface area (Å²) < 4.78 is 10.7. The third-order valence-corrected chi connectivity index (χ3v) is 6.30. The van der Waals surface area contributed by atoms with Gasteiger partial charge in [-0.05, 0) is 37.1 Å². The van der Waals surface area contributed by atoms with Crippen molar-refractivity contribution in [3.8, 4) is 5.75 Å². The monoisotopic (exact) mass is 472 g/mol. The number of carbonyl (C=O) groups is 1. The molecular weight excluding hydrogens is 444 g/mol. The highest BCUT2D eigenvalue weighted by atomic mass is 16.5. The van der Waals surface area contributed by atoms with E-state index in [-0.39, 0.29) is 11.8 Å². The number of nitrogens with one attached hydrogen (secondary N) is 2. The van der Waals surface area contributed by atoms with Crippen molar-refractivity contribution in [2.75, 3.05) is 30.4 Å². The normalized spacial score (nSPS) is 14.1. The van der Waals surface area contributed by atoms with Crippen LogP contribution in [0.25, 0.3) is 10.9 Å². The van der Waals surface area contributed by atoms with Gasteiger partial charge in [-0.3, -0.25) is 4.79 Å². The highest BCUT2D eigenvalue weighted by Crippen LogP contribution is 2.28. The number of piperidine rings is 1. The van der Waals surface area contributed by atoms with Crippen LogP contribution < -0.4 is 20.3 Å². The van der Waals surface area contributed by atoms with Crippen LogP contribution in [0.4, 0.5) is 11.8 Å². The highest BCUT2D eigenvalue weighted by Gasteiger charge is 2.26. The second-order valence-corrected chi connectivity index (χ2v) is 8.48. The number of fused-ring (bicyclic) bond motifs is 1. The quantitative estimate of drug-likeness (QED) is 0.399. The number of furan rings is 1. The number of ether oxygens (including phenoxy) is 1. The fraction of sp³-hybridized carbons (Fsp3) is 0.308. The van der Waals surface area contributed by atoms with E-state index in [0.717, 1.165) is 59.7 Å². The Balaban J connectivity index is 1.22. The zero-order valence-corrected chi connectivity index (χ0v) is 19.6. The Morgan fingerprint density at radius 1 is 1.11 bits per heavy atom. The van der Waals surface area contributed by atoms with Gasteiger partial charge >= 0.3 is 0 Å². The summed E-state index contributed by atoms with van der Waals surface area (Å²) in [5, 5.41) is 7.15. The van der Waals surface area contributed by atoms with Crippen molar-refractivity contribution in [1.29, 1.82) is 0 Å². The van der Waals surface area contributed by atoms with Gasteiger partial charge in [-0.2, -0.15) is 0 Å². The largest absolute Gasteiger partial charge is 0.496 e. The van der Waals surface area contributed by atoms with E-state index >= 15 is 0 Å². The molecule has 35 heavy (non-hydrogen) atoms. The first-order valence-corrected chi connectivity index (χ1v) is 11.7. The molecule has 0 bridgehead atoms. The first kappa shape index (κ1) is 22.6. The third-order valence-electron chi connectivity index (χ3n) is 6.30. The predicted molar refractivity (Wildman–Crippen MR) is 133 cm³/mol. The summed E-state index contributed by atoms with van der Waals surface area (Å²) in [5.74, 6) is 3.04. The van der Waals surface area contributed by atoms with Crippen LogP contribution in [-0.4, -0.2) is 41.1 Å². The lowest BCUT2D eigenvalue weighted by atomic mass is 9.95. The molecule has 2 N–H and O–H groups in total. The van der Waals surface area contributed by atoms with Gasteiger partial charge in [-0.1, -0.05) is 18.2 Å². The van der Waals surface area contributed by atoms with E-state index in [4.69, 9.17) is 14.1 Å². The predicted octanol–water partition coefficient (Wildman–Crippen LogP) is 3.77. The number of hydrogen-bond donors (Lipinski definition) is 2. The van der Waals surface area contributed by atoms with Crippen molar-refractivity contribution >= 4 is 28.6 Å². The molecule has 3 aromatic heterocycles. The lowest BCUT2D eigenvalue weighted by Crippen LogP contribution is -2.40. The van der Waals surface area contributed by atoms with Gasteiger partial charge < -0.3 is 24.7 Å². The van der Waals surface area contributed by atoms with Crippen LogP contribution in [-0.2, 0) is 17.9 Å². The SMILES string of the molecule is COc1ccccc1CNc1ncc2c(N3CCC(C(=O)NCc4ccco4)CC3)nccc2n1. The fourth-order valence-electron chi connectivity index (χ4n) is 4.39. The van der Waals surface area contributed by atoms with Crippen LogP contribution in [0.5, 0.6) is 5.75 Å². The molecule has 5 rings (SSSR count). The maximum Gasteiger partial charge on any atom is 0.223 e. The van der Waals surface area contributed by atoms with Crippen LogP contribution in [0.3, 0.4) is 0 Å². The summed E-state index contributed by atoms with van der Waals surface area (Å²) in [6.07, 6.45) is 6.73. The number of benzene rings is 1. The Morgan fingerprint density at radius 3 is 2.77 bits per heavy atom. The summed E-state index contributed by atoms with van der Waals surface area (Å²) in [6, 6.07) is 13.4. The second kappa shape index (κ2) is 10.4. The van der Waals surface area contributed by atoms with E-state index in [1.165, 1.54) is 0 Å². The zero-order valence-electron chi connectivity index (χ0n) is 19.6. The highest BCUT2D eigenvalue weighted by molar-refractivity contribution is 5.89. The maximum atomic E-state index is 12.6. The first-order valence-electron chi connectivity index (χ1n) is 11.7.